The normalized spacial score (nSPS) is 29.7. The van der Waals surface area contributed by atoms with E-state index in [9.17, 15) is 17.6 Å². The van der Waals surface area contributed by atoms with Crippen molar-refractivity contribution >= 4 is 15.9 Å². The first-order chi connectivity index (χ1) is 12.8. The SMILES string of the molecule is CCCC1CCC(C2CCC(c3c(F)cc(C(F)(F)Br)cc3F)CC2)CC1. The summed E-state index contributed by atoms with van der Waals surface area (Å²) in [7, 11) is 0. The summed E-state index contributed by atoms with van der Waals surface area (Å²) < 4.78 is 55.4. The van der Waals surface area contributed by atoms with Gasteiger partial charge in [0.15, 0.2) is 0 Å². The van der Waals surface area contributed by atoms with Crippen LogP contribution in [0.2, 0.25) is 0 Å². The van der Waals surface area contributed by atoms with Crippen molar-refractivity contribution in [2.75, 3.05) is 0 Å². The van der Waals surface area contributed by atoms with Gasteiger partial charge in [0, 0.05) is 11.1 Å². The molecule has 0 amide bonds. The summed E-state index contributed by atoms with van der Waals surface area (Å²) in [5.41, 5.74) is -0.667. The van der Waals surface area contributed by atoms with E-state index in [2.05, 4.69) is 22.9 Å². The minimum absolute atomic E-state index is 0.000559. The Kier molecular flexibility index (Phi) is 6.92. The van der Waals surface area contributed by atoms with Crippen LogP contribution < -0.4 is 0 Å². The molecule has 0 N–H and O–H groups in total. The number of alkyl halides is 3. The topological polar surface area (TPSA) is 0 Å². The molecule has 0 heterocycles. The first-order valence-electron chi connectivity index (χ1n) is 10.4. The molecule has 2 fully saturated rings. The number of halogens is 5. The number of rotatable bonds is 5. The van der Waals surface area contributed by atoms with Crippen LogP contribution in [0.25, 0.3) is 0 Å². The van der Waals surface area contributed by atoms with E-state index in [1.54, 1.807) is 0 Å². The van der Waals surface area contributed by atoms with Crippen molar-refractivity contribution in [1.29, 1.82) is 0 Å². The standard InChI is InChI=1S/C22H29BrF4/c1-2-3-14-4-6-15(7-5-14)16-8-10-17(11-9-16)21-19(24)12-18(13-20(21)25)22(23,26)27/h12-17H,2-11H2,1H3. The Morgan fingerprint density at radius 3 is 1.81 bits per heavy atom. The molecule has 152 valence electrons. The van der Waals surface area contributed by atoms with Gasteiger partial charge in [-0.3, -0.25) is 0 Å². The molecule has 3 rings (SSSR count). The van der Waals surface area contributed by atoms with E-state index in [0.29, 0.717) is 5.92 Å². The molecule has 5 heteroatoms. The van der Waals surface area contributed by atoms with Gasteiger partial charge in [-0.2, -0.15) is 8.78 Å². The molecule has 0 spiro atoms. The predicted molar refractivity (Wildman–Crippen MR) is 104 cm³/mol. The van der Waals surface area contributed by atoms with Crippen molar-refractivity contribution in [3.63, 3.8) is 0 Å². The first kappa shape index (κ1) is 21.1. The van der Waals surface area contributed by atoms with E-state index in [1.165, 1.54) is 38.5 Å². The fourth-order valence-corrected chi connectivity index (χ4v) is 5.60. The molecule has 0 atom stereocenters. The minimum Gasteiger partial charge on any atom is -0.207 e. The van der Waals surface area contributed by atoms with Gasteiger partial charge in [0.25, 0.3) is 0 Å². The van der Waals surface area contributed by atoms with Crippen LogP contribution in [0.5, 0.6) is 0 Å². The molecule has 0 nitrogen and oxygen atoms in total. The number of benzene rings is 1. The minimum atomic E-state index is -3.42. The fourth-order valence-electron chi connectivity index (χ4n) is 5.37. The Labute approximate surface area is 168 Å². The van der Waals surface area contributed by atoms with E-state index in [1.807, 2.05) is 0 Å². The van der Waals surface area contributed by atoms with Gasteiger partial charge in [-0.25, -0.2) is 8.78 Å². The second-order valence-corrected chi connectivity index (χ2v) is 9.53. The van der Waals surface area contributed by atoms with Gasteiger partial charge in [-0.05, 0) is 90.3 Å². The highest BCUT2D eigenvalue weighted by Gasteiger charge is 2.34. The van der Waals surface area contributed by atoms with Gasteiger partial charge in [0.05, 0.1) is 0 Å². The fraction of sp³-hybridized carbons (Fsp3) is 0.727. The maximum absolute atomic E-state index is 14.4. The lowest BCUT2D eigenvalue weighted by molar-refractivity contribution is 0.113. The van der Waals surface area contributed by atoms with E-state index < -0.39 is 22.0 Å². The third-order valence-corrected chi connectivity index (χ3v) is 7.30. The monoisotopic (exact) mass is 448 g/mol. The Hall–Kier alpha value is -0.580. The summed E-state index contributed by atoms with van der Waals surface area (Å²) in [5, 5.41) is 0. The molecule has 2 saturated carbocycles. The average molecular weight is 449 g/mol. The number of hydrogen-bond donors (Lipinski definition) is 0. The lowest BCUT2D eigenvalue weighted by Gasteiger charge is -2.38. The molecule has 0 bridgehead atoms. The van der Waals surface area contributed by atoms with Crippen LogP contribution in [-0.2, 0) is 4.83 Å². The highest BCUT2D eigenvalue weighted by Crippen LogP contribution is 2.46. The highest BCUT2D eigenvalue weighted by molar-refractivity contribution is 9.09. The lowest BCUT2D eigenvalue weighted by Crippen LogP contribution is -2.26. The molecule has 2 aliphatic carbocycles. The summed E-state index contributed by atoms with van der Waals surface area (Å²) in [6, 6.07) is 1.54. The van der Waals surface area contributed by atoms with Gasteiger partial charge in [-0.15, -0.1) is 0 Å². The van der Waals surface area contributed by atoms with Gasteiger partial charge < -0.3 is 0 Å². The van der Waals surface area contributed by atoms with Crippen molar-refractivity contribution in [2.24, 2.45) is 17.8 Å². The molecule has 1 aromatic rings. The average Bonchev–Trinajstić information content (AvgIpc) is 2.62. The van der Waals surface area contributed by atoms with Gasteiger partial charge in [0.1, 0.15) is 11.6 Å². The summed E-state index contributed by atoms with van der Waals surface area (Å²) in [6.07, 6.45) is 11.3. The van der Waals surface area contributed by atoms with Gasteiger partial charge in [0.2, 0.25) is 0 Å². The molecule has 0 saturated heterocycles. The Balaban J connectivity index is 1.60. The molecule has 1 aromatic carbocycles. The quantitative estimate of drug-likeness (QED) is 0.313. The Morgan fingerprint density at radius 1 is 0.889 bits per heavy atom. The third kappa shape index (κ3) is 5.07. The molecular weight excluding hydrogens is 420 g/mol. The van der Waals surface area contributed by atoms with Crippen molar-refractivity contribution in [3.8, 4) is 0 Å². The lowest BCUT2D eigenvalue weighted by atomic mass is 9.68. The molecule has 0 radical (unpaired) electrons. The van der Waals surface area contributed by atoms with Crippen LogP contribution in [0, 0.1) is 29.4 Å². The molecule has 0 unspecified atom stereocenters. The first-order valence-corrected chi connectivity index (χ1v) is 11.1. The van der Waals surface area contributed by atoms with Crippen LogP contribution in [0.15, 0.2) is 12.1 Å². The zero-order valence-electron chi connectivity index (χ0n) is 15.9. The largest absolute Gasteiger partial charge is 0.326 e. The highest BCUT2D eigenvalue weighted by atomic mass is 79.9. The maximum Gasteiger partial charge on any atom is 0.326 e. The third-order valence-electron chi connectivity index (χ3n) is 6.84. The van der Waals surface area contributed by atoms with Crippen LogP contribution in [0.4, 0.5) is 17.6 Å². The predicted octanol–water partition coefficient (Wildman–Crippen LogP) is 8.29. The van der Waals surface area contributed by atoms with Gasteiger partial charge in [-0.1, -0.05) is 32.6 Å². The molecule has 0 aromatic heterocycles. The van der Waals surface area contributed by atoms with Crippen LogP contribution in [-0.4, -0.2) is 0 Å². The second kappa shape index (κ2) is 8.84. The van der Waals surface area contributed by atoms with Gasteiger partial charge >= 0.3 is 4.83 Å². The summed E-state index contributed by atoms with van der Waals surface area (Å²) in [6.45, 7) is 2.25. The Bertz CT molecular complexity index is 601. The van der Waals surface area contributed by atoms with E-state index in [4.69, 9.17) is 0 Å². The maximum atomic E-state index is 14.4. The zero-order valence-corrected chi connectivity index (χ0v) is 17.5. The zero-order chi connectivity index (χ0) is 19.6. The van der Waals surface area contributed by atoms with Crippen molar-refractivity contribution in [2.45, 2.75) is 81.9 Å². The van der Waals surface area contributed by atoms with Crippen molar-refractivity contribution < 1.29 is 17.6 Å². The summed E-state index contributed by atoms with van der Waals surface area (Å²) >= 11 is 2.17. The number of hydrogen-bond acceptors (Lipinski definition) is 0. The van der Waals surface area contributed by atoms with Crippen LogP contribution in [0.1, 0.15) is 88.2 Å². The molecular formula is C22H29BrF4. The second-order valence-electron chi connectivity index (χ2n) is 8.53. The Morgan fingerprint density at radius 2 is 1.37 bits per heavy atom. The van der Waals surface area contributed by atoms with Crippen LogP contribution in [0.3, 0.4) is 0 Å². The van der Waals surface area contributed by atoms with Crippen molar-refractivity contribution in [1.82, 2.24) is 0 Å². The summed E-state index contributed by atoms with van der Waals surface area (Å²) in [4.78, 5) is -3.42. The molecule has 2 aliphatic rings. The summed E-state index contributed by atoms with van der Waals surface area (Å²) in [5.74, 6) is 0.414. The van der Waals surface area contributed by atoms with Crippen molar-refractivity contribution in [3.05, 3.63) is 34.9 Å². The molecule has 27 heavy (non-hydrogen) atoms. The molecule has 0 aliphatic heterocycles. The van der Waals surface area contributed by atoms with E-state index in [0.717, 1.165) is 49.7 Å². The smallest absolute Gasteiger partial charge is 0.207 e. The van der Waals surface area contributed by atoms with E-state index in [-0.39, 0.29) is 11.5 Å². The van der Waals surface area contributed by atoms with Crippen LogP contribution >= 0.6 is 15.9 Å². The van der Waals surface area contributed by atoms with E-state index >= 15 is 0 Å².